The average molecular weight is 371 g/mol. The van der Waals surface area contributed by atoms with E-state index in [4.69, 9.17) is 4.74 Å². The van der Waals surface area contributed by atoms with Crippen LogP contribution in [-0.4, -0.2) is 60.6 Å². The molecule has 2 aliphatic heterocycles. The molecule has 0 aliphatic carbocycles. The highest BCUT2D eigenvalue weighted by Gasteiger charge is 2.24. The van der Waals surface area contributed by atoms with E-state index >= 15 is 0 Å². The molecule has 7 heteroatoms. The fraction of sp³-hybridized carbons (Fsp3) is 0.733. The normalized spacial score (nSPS) is 21.3. The molecule has 1 aromatic heterocycles. The van der Waals surface area contributed by atoms with E-state index in [1.54, 1.807) is 13.2 Å². The number of aromatic nitrogens is 2. The molecule has 0 atom stereocenters. The highest BCUT2D eigenvalue weighted by atomic mass is 79.9. The van der Waals surface area contributed by atoms with Gasteiger partial charge < -0.3 is 9.64 Å². The third-order valence-electron chi connectivity index (χ3n) is 4.64. The topological polar surface area (TPSA) is 50.6 Å². The summed E-state index contributed by atoms with van der Waals surface area (Å²) in [6.45, 7) is 7.00. The maximum atomic E-state index is 12.0. The Hall–Kier alpha value is -0.920. The summed E-state index contributed by atoms with van der Waals surface area (Å²) in [5.74, 6) is 0.743. The van der Waals surface area contributed by atoms with Crippen LogP contribution >= 0.6 is 15.9 Å². The quantitative estimate of drug-likeness (QED) is 0.796. The second-order valence-corrected chi connectivity index (χ2v) is 6.91. The van der Waals surface area contributed by atoms with Gasteiger partial charge in [-0.3, -0.25) is 9.69 Å². The van der Waals surface area contributed by atoms with Gasteiger partial charge in [0, 0.05) is 39.8 Å². The first-order valence-electron chi connectivity index (χ1n) is 7.92. The predicted molar refractivity (Wildman–Crippen MR) is 89.4 cm³/mol. The highest BCUT2D eigenvalue weighted by molar-refractivity contribution is 9.10. The van der Waals surface area contributed by atoms with Crippen LogP contribution < -0.4 is 10.5 Å². The molecule has 2 aliphatic rings. The van der Waals surface area contributed by atoms with Crippen molar-refractivity contribution in [3.05, 3.63) is 21.0 Å². The smallest absolute Gasteiger partial charge is 0.282 e. The number of ether oxygens (including phenoxy) is 1. The Bertz CT molecular complexity index is 563. The van der Waals surface area contributed by atoms with Crippen LogP contribution in [0.25, 0.3) is 0 Å². The fourth-order valence-electron chi connectivity index (χ4n) is 3.23. The molecule has 0 saturated carbocycles. The molecule has 0 radical (unpaired) electrons. The molecule has 6 nitrogen and oxygen atoms in total. The molecular weight excluding hydrogens is 348 g/mol. The number of hydrogen-bond donors (Lipinski definition) is 0. The van der Waals surface area contributed by atoms with Gasteiger partial charge in [0.25, 0.3) is 5.56 Å². The lowest BCUT2D eigenvalue weighted by Gasteiger charge is -2.37. The van der Waals surface area contributed by atoms with Crippen molar-refractivity contribution in [1.29, 1.82) is 0 Å². The Balaban J connectivity index is 1.57. The Morgan fingerprint density at radius 1 is 1.27 bits per heavy atom. The van der Waals surface area contributed by atoms with E-state index in [1.165, 1.54) is 24.1 Å². The van der Waals surface area contributed by atoms with Gasteiger partial charge in [-0.25, -0.2) is 4.68 Å². The number of anilines is 1. The maximum absolute atomic E-state index is 12.0. The lowest BCUT2D eigenvalue weighted by Crippen LogP contribution is -2.43. The van der Waals surface area contributed by atoms with Crippen molar-refractivity contribution < 1.29 is 4.74 Å². The molecule has 0 amide bonds. The molecule has 3 heterocycles. The van der Waals surface area contributed by atoms with Crippen molar-refractivity contribution in [2.24, 2.45) is 13.0 Å². The van der Waals surface area contributed by atoms with E-state index in [0.29, 0.717) is 4.47 Å². The van der Waals surface area contributed by atoms with E-state index < -0.39 is 0 Å². The third-order valence-corrected chi connectivity index (χ3v) is 5.38. The summed E-state index contributed by atoms with van der Waals surface area (Å²) in [6.07, 6.45) is 4.12. The van der Waals surface area contributed by atoms with Crippen LogP contribution in [0.4, 0.5) is 5.69 Å². The van der Waals surface area contributed by atoms with Crippen LogP contribution in [0.5, 0.6) is 0 Å². The number of rotatable bonds is 3. The second kappa shape index (κ2) is 7.10. The summed E-state index contributed by atoms with van der Waals surface area (Å²) in [7, 11) is 1.67. The zero-order valence-electron chi connectivity index (χ0n) is 13.0. The van der Waals surface area contributed by atoms with Crippen LogP contribution in [-0.2, 0) is 11.8 Å². The van der Waals surface area contributed by atoms with Gasteiger partial charge >= 0.3 is 0 Å². The molecule has 0 N–H and O–H groups in total. The lowest BCUT2D eigenvalue weighted by atomic mass is 9.96. The van der Waals surface area contributed by atoms with E-state index in [1.807, 2.05) is 0 Å². The summed E-state index contributed by atoms with van der Waals surface area (Å²) in [4.78, 5) is 16.8. The molecule has 1 aromatic rings. The van der Waals surface area contributed by atoms with Crippen molar-refractivity contribution in [2.45, 2.75) is 12.8 Å². The van der Waals surface area contributed by atoms with Crippen molar-refractivity contribution in [2.75, 3.05) is 50.8 Å². The predicted octanol–water partition coefficient (Wildman–Crippen LogP) is 1.09. The Morgan fingerprint density at radius 2 is 1.95 bits per heavy atom. The van der Waals surface area contributed by atoms with Gasteiger partial charge in [0.05, 0.1) is 25.1 Å². The number of aryl methyl sites for hydroxylation is 1. The van der Waals surface area contributed by atoms with Gasteiger partial charge in [-0.05, 0) is 34.7 Å². The van der Waals surface area contributed by atoms with Crippen molar-refractivity contribution >= 4 is 21.6 Å². The summed E-state index contributed by atoms with van der Waals surface area (Å²) in [5.41, 5.74) is 0.848. The van der Waals surface area contributed by atoms with E-state index in [9.17, 15) is 4.79 Å². The van der Waals surface area contributed by atoms with E-state index in [0.717, 1.165) is 51.0 Å². The van der Waals surface area contributed by atoms with Gasteiger partial charge in [-0.15, -0.1) is 0 Å². The third kappa shape index (κ3) is 3.52. The van der Waals surface area contributed by atoms with Gasteiger partial charge in [-0.2, -0.15) is 5.10 Å². The van der Waals surface area contributed by atoms with Crippen molar-refractivity contribution in [3.8, 4) is 0 Å². The van der Waals surface area contributed by atoms with Gasteiger partial charge in [-0.1, -0.05) is 0 Å². The maximum Gasteiger partial charge on any atom is 0.282 e. The van der Waals surface area contributed by atoms with E-state index in [2.05, 4.69) is 30.8 Å². The van der Waals surface area contributed by atoms with Gasteiger partial charge in [0.1, 0.15) is 4.47 Å². The average Bonchev–Trinajstić information content (AvgIpc) is 2.55. The van der Waals surface area contributed by atoms with Crippen molar-refractivity contribution in [1.82, 2.24) is 14.7 Å². The Labute approximate surface area is 139 Å². The standard InChI is InChI=1S/C15H23BrN4O2/c1-18-15(21)14(16)13(10-17-18)20-4-2-12(3-5-20)11-19-6-8-22-9-7-19/h10,12H,2-9,11H2,1H3. The molecule has 0 aromatic carbocycles. The largest absolute Gasteiger partial charge is 0.379 e. The summed E-state index contributed by atoms with van der Waals surface area (Å²) < 4.78 is 7.39. The highest BCUT2D eigenvalue weighted by Crippen LogP contribution is 2.27. The number of morpholine rings is 1. The molecule has 0 unspecified atom stereocenters. The van der Waals surface area contributed by atoms with Crippen LogP contribution in [0, 0.1) is 5.92 Å². The zero-order valence-corrected chi connectivity index (χ0v) is 14.6. The lowest BCUT2D eigenvalue weighted by molar-refractivity contribution is 0.0289. The zero-order chi connectivity index (χ0) is 15.5. The van der Waals surface area contributed by atoms with Crippen LogP contribution in [0.2, 0.25) is 0 Å². The molecule has 3 rings (SSSR count). The molecular formula is C15H23BrN4O2. The second-order valence-electron chi connectivity index (χ2n) is 6.12. The minimum absolute atomic E-state index is 0.0760. The Morgan fingerprint density at radius 3 is 2.64 bits per heavy atom. The number of nitrogens with zero attached hydrogens (tertiary/aromatic N) is 4. The number of halogens is 1. The summed E-state index contributed by atoms with van der Waals surface area (Å²) in [6, 6.07) is 0. The first-order chi connectivity index (χ1) is 10.6. The fourth-order valence-corrected chi connectivity index (χ4v) is 3.84. The minimum atomic E-state index is -0.0760. The van der Waals surface area contributed by atoms with Gasteiger partial charge in [0.2, 0.25) is 0 Å². The SMILES string of the molecule is Cn1ncc(N2CCC(CN3CCOCC3)CC2)c(Br)c1=O. The van der Waals surface area contributed by atoms with Gasteiger partial charge in [0.15, 0.2) is 0 Å². The first kappa shape index (κ1) is 16.0. The number of hydrogen-bond acceptors (Lipinski definition) is 5. The molecule has 2 saturated heterocycles. The first-order valence-corrected chi connectivity index (χ1v) is 8.71. The molecule has 2 fully saturated rings. The molecule has 0 spiro atoms. The van der Waals surface area contributed by atoms with Crippen molar-refractivity contribution in [3.63, 3.8) is 0 Å². The summed E-state index contributed by atoms with van der Waals surface area (Å²) >= 11 is 3.42. The molecule has 0 bridgehead atoms. The Kier molecular flexibility index (Phi) is 5.15. The monoisotopic (exact) mass is 370 g/mol. The number of piperidine rings is 1. The van der Waals surface area contributed by atoms with E-state index in [-0.39, 0.29) is 5.56 Å². The molecule has 122 valence electrons. The summed E-state index contributed by atoms with van der Waals surface area (Å²) in [5, 5.41) is 4.14. The molecule has 22 heavy (non-hydrogen) atoms. The minimum Gasteiger partial charge on any atom is -0.379 e. The van der Waals surface area contributed by atoms with Crippen LogP contribution in [0.1, 0.15) is 12.8 Å². The van der Waals surface area contributed by atoms with Crippen LogP contribution in [0.15, 0.2) is 15.5 Å². The van der Waals surface area contributed by atoms with Crippen LogP contribution in [0.3, 0.4) is 0 Å².